The fraction of sp³-hybridized carbons (Fsp3) is 0.250. The van der Waals surface area contributed by atoms with Crippen molar-refractivity contribution in [2.45, 2.75) is 28.6 Å². The summed E-state index contributed by atoms with van der Waals surface area (Å²) in [6, 6.07) is 1.77. The number of aromatic carboxylic acids is 1. The van der Waals surface area contributed by atoms with Crippen LogP contribution in [0.4, 0.5) is 0 Å². The van der Waals surface area contributed by atoms with Crippen molar-refractivity contribution in [3.05, 3.63) is 34.5 Å². The summed E-state index contributed by atoms with van der Waals surface area (Å²) in [6.07, 6.45) is 4.65. The van der Waals surface area contributed by atoms with Gasteiger partial charge in [0.1, 0.15) is 5.03 Å². The van der Waals surface area contributed by atoms with Crippen LogP contribution < -0.4 is 0 Å². The Bertz CT molecular complexity index is 596. The number of pyridine rings is 1. The lowest BCUT2D eigenvalue weighted by molar-refractivity contribution is 0.0692. The van der Waals surface area contributed by atoms with Crippen molar-refractivity contribution in [2.75, 3.05) is 0 Å². The SMILES string of the molecule is O=C(O)c1cc2c(nc1Sc1nccs1)CCC2. The second-order valence-electron chi connectivity index (χ2n) is 4.01. The van der Waals surface area contributed by atoms with Crippen molar-refractivity contribution in [2.24, 2.45) is 0 Å². The number of rotatable bonds is 3. The van der Waals surface area contributed by atoms with E-state index in [0.29, 0.717) is 5.03 Å². The van der Waals surface area contributed by atoms with Gasteiger partial charge in [-0.3, -0.25) is 0 Å². The average molecular weight is 278 g/mol. The molecule has 2 heterocycles. The highest BCUT2D eigenvalue weighted by Crippen LogP contribution is 2.33. The van der Waals surface area contributed by atoms with E-state index in [1.165, 1.54) is 23.1 Å². The van der Waals surface area contributed by atoms with E-state index in [-0.39, 0.29) is 5.56 Å². The van der Waals surface area contributed by atoms with Gasteiger partial charge >= 0.3 is 5.97 Å². The summed E-state index contributed by atoms with van der Waals surface area (Å²) in [5.41, 5.74) is 2.41. The van der Waals surface area contributed by atoms with Crippen LogP contribution in [0.25, 0.3) is 0 Å². The number of carboxylic acid groups (broad SMARTS) is 1. The lowest BCUT2D eigenvalue weighted by Crippen LogP contribution is -2.04. The Balaban J connectivity index is 2.03. The molecule has 92 valence electrons. The molecule has 0 atom stereocenters. The fourth-order valence-corrected chi connectivity index (χ4v) is 3.67. The highest BCUT2D eigenvalue weighted by atomic mass is 32.2. The normalized spacial score (nSPS) is 13.6. The van der Waals surface area contributed by atoms with Gasteiger partial charge < -0.3 is 5.11 Å². The van der Waals surface area contributed by atoms with Crippen LogP contribution in [0.5, 0.6) is 0 Å². The number of aryl methyl sites for hydroxylation is 2. The Morgan fingerprint density at radius 3 is 3.06 bits per heavy atom. The molecular formula is C12H10N2O2S2. The highest BCUT2D eigenvalue weighted by molar-refractivity contribution is 8.01. The van der Waals surface area contributed by atoms with Crippen LogP contribution in [0.15, 0.2) is 27.0 Å². The average Bonchev–Trinajstić information content (AvgIpc) is 2.97. The van der Waals surface area contributed by atoms with Crippen molar-refractivity contribution in [1.82, 2.24) is 9.97 Å². The molecule has 0 bridgehead atoms. The zero-order chi connectivity index (χ0) is 12.5. The van der Waals surface area contributed by atoms with Crippen molar-refractivity contribution in [1.29, 1.82) is 0 Å². The second-order valence-corrected chi connectivity index (χ2v) is 6.14. The zero-order valence-corrected chi connectivity index (χ0v) is 11.1. The molecule has 0 aromatic carbocycles. The van der Waals surface area contributed by atoms with E-state index < -0.39 is 5.97 Å². The van der Waals surface area contributed by atoms with Crippen molar-refractivity contribution < 1.29 is 9.90 Å². The molecule has 0 saturated carbocycles. The van der Waals surface area contributed by atoms with E-state index in [2.05, 4.69) is 9.97 Å². The monoisotopic (exact) mass is 278 g/mol. The van der Waals surface area contributed by atoms with E-state index in [4.69, 9.17) is 0 Å². The minimum Gasteiger partial charge on any atom is -0.478 e. The van der Waals surface area contributed by atoms with Gasteiger partial charge in [0.25, 0.3) is 0 Å². The van der Waals surface area contributed by atoms with Crippen LogP contribution in [-0.4, -0.2) is 21.0 Å². The Hall–Kier alpha value is -1.40. The molecule has 0 unspecified atom stereocenters. The van der Waals surface area contributed by atoms with Gasteiger partial charge in [-0.1, -0.05) is 0 Å². The molecule has 2 aromatic rings. The van der Waals surface area contributed by atoms with E-state index >= 15 is 0 Å². The van der Waals surface area contributed by atoms with Crippen LogP contribution in [0.1, 0.15) is 28.0 Å². The van der Waals surface area contributed by atoms with Gasteiger partial charge in [-0.25, -0.2) is 14.8 Å². The second kappa shape index (κ2) is 4.70. The number of nitrogens with zero attached hydrogens (tertiary/aromatic N) is 2. The smallest absolute Gasteiger partial charge is 0.338 e. The van der Waals surface area contributed by atoms with E-state index in [1.807, 2.05) is 5.38 Å². The molecule has 0 amide bonds. The van der Waals surface area contributed by atoms with Crippen LogP contribution in [0.3, 0.4) is 0 Å². The maximum absolute atomic E-state index is 11.3. The first-order valence-electron chi connectivity index (χ1n) is 5.57. The lowest BCUT2D eigenvalue weighted by atomic mass is 10.1. The molecule has 0 aliphatic heterocycles. The third-order valence-electron chi connectivity index (χ3n) is 2.84. The molecule has 3 rings (SSSR count). The first-order valence-corrected chi connectivity index (χ1v) is 7.27. The van der Waals surface area contributed by atoms with Gasteiger partial charge in [0, 0.05) is 17.3 Å². The predicted molar refractivity (Wildman–Crippen MR) is 69.5 cm³/mol. The topological polar surface area (TPSA) is 63.1 Å². The molecule has 0 fully saturated rings. The Kier molecular flexibility index (Phi) is 3.05. The van der Waals surface area contributed by atoms with Gasteiger partial charge in [-0.05, 0) is 42.7 Å². The summed E-state index contributed by atoms with van der Waals surface area (Å²) in [7, 11) is 0. The molecule has 4 nitrogen and oxygen atoms in total. The zero-order valence-electron chi connectivity index (χ0n) is 9.42. The van der Waals surface area contributed by atoms with Gasteiger partial charge in [0.15, 0.2) is 4.34 Å². The summed E-state index contributed by atoms with van der Waals surface area (Å²) in [5, 5.41) is 11.7. The van der Waals surface area contributed by atoms with E-state index in [0.717, 1.165) is 34.9 Å². The number of hydrogen-bond acceptors (Lipinski definition) is 5. The fourth-order valence-electron chi connectivity index (χ4n) is 2.03. The number of carboxylic acids is 1. The van der Waals surface area contributed by atoms with Gasteiger partial charge in [-0.15, -0.1) is 11.3 Å². The van der Waals surface area contributed by atoms with E-state index in [9.17, 15) is 9.90 Å². The summed E-state index contributed by atoms with van der Waals surface area (Å²) < 4.78 is 0.822. The third-order valence-corrected chi connectivity index (χ3v) is 4.73. The van der Waals surface area contributed by atoms with Crippen LogP contribution in [0.2, 0.25) is 0 Å². The number of fused-ring (bicyclic) bond motifs is 1. The van der Waals surface area contributed by atoms with Gasteiger partial charge in [0.2, 0.25) is 0 Å². The molecular weight excluding hydrogens is 268 g/mol. The quantitative estimate of drug-likeness (QED) is 0.935. The number of carbonyl (C=O) groups is 1. The summed E-state index contributed by atoms with van der Waals surface area (Å²) in [6.45, 7) is 0. The van der Waals surface area contributed by atoms with Crippen LogP contribution in [0, 0.1) is 0 Å². The number of hydrogen-bond donors (Lipinski definition) is 1. The number of aromatic nitrogens is 2. The molecule has 0 saturated heterocycles. The Morgan fingerprint density at radius 2 is 2.33 bits per heavy atom. The van der Waals surface area contributed by atoms with Crippen LogP contribution >= 0.6 is 23.1 Å². The van der Waals surface area contributed by atoms with Gasteiger partial charge in [-0.2, -0.15) is 0 Å². The molecule has 1 aliphatic rings. The molecule has 0 radical (unpaired) electrons. The first kappa shape index (κ1) is 11.7. The largest absolute Gasteiger partial charge is 0.478 e. The first-order chi connectivity index (χ1) is 8.74. The van der Waals surface area contributed by atoms with Gasteiger partial charge in [0.05, 0.1) is 5.56 Å². The molecule has 0 spiro atoms. The highest BCUT2D eigenvalue weighted by Gasteiger charge is 2.20. The summed E-state index contributed by atoms with van der Waals surface area (Å²) in [4.78, 5) is 19.9. The molecule has 18 heavy (non-hydrogen) atoms. The lowest BCUT2D eigenvalue weighted by Gasteiger charge is -2.06. The third kappa shape index (κ3) is 2.13. The number of thiazole rings is 1. The summed E-state index contributed by atoms with van der Waals surface area (Å²) in [5.74, 6) is -0.920. The van der Waals surface area contributed by atoms with Crippen LogP contribution in [-0.2, 0) is 12.8 Å². The molecule has 1 N–H and O–H groups in total. The minimum atomic E-state index is -0.920. The maximum Gasteiger partial charge on any atom is 0.338 e. The Morgan fingerprint density at radius 1 is 1.44 bits per heavy atom. The molecule has 6 heteroatoms. The van der Waals surface area contributed by atoms with E-state index in [1.54, 1.807) is 12.3 Å². The van der Waals surface area contributed by atoms with Crippen molar-refractivity contribution in [3.63, 3.8) is 0 Å². The molecule has 2 aromatic heterocycles. The minimum absolute atomic E-state index is 0.288. The Labute approximate surface area is 112 Å². The molecule has 1 aliphatic carbocycles. The standard InChI is InChI=1S/C12H10N2O2S2/c15-11(16)8-6-7-2-1-3-9(7)14-10(8)18-12-13-4-5-17-12/h4-6H,1-3H2,(H,15,16). The maximum atomic E-state index is 11.3. The predicted octanol–water partition coefficient (Wildman–Crippen LogP) is 2.88. The van der Waals surface area contributed by atoms with Crippen molar-refractivity contribution >= 4 is 29.1 Å². The summed E-state index contributed by atoms with van der Waals surface area (Å²) >= 11 is 2.82. The van der Waals surface area contributed by atoms with Crippen molar-refractivity contribution in [3.8, 4) is 0 Å².